The number of carbonyl (C=O) groups excluding carboxylic acids is 1. The van der Waals surface area contributed by atoms with E-state index >= 15 is 0 Å². The van der Waals surface area contributed by atoms with Crippen LogP contribution in [0.1, 0.15) is 37.7 Å². The van der Waals surface area contributed by atoms with Crippen LogP contribution in [0.4, 0.5) is 0 Å². The largest absolute Gasteiger partial charge is 0.491 e. The molecule has 6 heteroatoms. The molecular weight excluding hydrogens is 394 g/mol. The average Bonchev–Trinajstić information content (AvgIpc) is 3.08. The number of hydrogen-bond acceptors (Lipinski definition) is 5. The topological polar surface area (TPSA) is 45.7 Å². The Morgan fingerprint density at radius 2 is 1.97 bits per heavy atom. The molecule has 0 unspecified atom stereocenters. The van der Waals surface area contributed by atoms with E-state index in [9.17, 15) is 4.79 Å². The van der Waals surface area contributed by atoms with Gasteiger partial charge in [0.05, 0.1) is 11.6 Å². The Balaban J connectivity index is 1.32. The fraction of sp³-hybridized carbons (Fsp3) is 0.333. The van der Waals surface area contributed by atoms with E-state index in [1.54, 1.807) is 0 Å². The molecule has 2 aliphatic heterocycles. The highest BCUT2D eigenvalue weighted by Gasteiger charge is 2.23. The molecule has 3 aromatic rings. The van der Waals surface area contributed by atoms with Gasteiger partial charge in [0.1, 0.15) is 18.1 Å². The summed E-state index contributed by atoms with van der Waals surface area (Å²) in [7, 11) is 0. The Morgan fingerprint density at radius 3 is 2.80 bits per heavy atom. The lowest BCUT2D eigenvalue weighted by Gasteiger charge is -2.29. The maximum Gasteiger partial charge on any atom is 0.273 e. The Hall–Kier alpha value is -2.70. The zero-order valence-corrected chi connectivity index (χ0v) is 18.0. The molecule has 0 saturated heterocycles. The zero-order valence-electron chi connectivity index (χ0n) is 17.1. The van der Waals surface area contributed by atoms with Crippen LogP contribution in [0.25, 0.3) is 0 Å². The van der Waals surface area contributed by atoms with Crippen LogP contribution in [0.15, 0.2) is 47.8 Å². The lowest BCUT2D eigenvalue weighted by Crippen LogP contribution is -2.32. The maximum absolute atomic E-state index is 12.9. The number of nitrogens with zero attached hydrogens (tertiary/aromatic N) is 3. The van der Waals surface area contributed by atoms with Crippen LogP contribution in [0.3, 0.4) is 0 Å². The van der Waals surface area contributed by atoms with E-state index < -0.39 is 0 Å². The molecule has 1 aromatic heterocycles. The van der Waals surface area contributed by atoms with Crippen molar-refractivity contribution in [2.75, 3.05) is 19.7 Å². The van der Waals surface area contributed by atoms with E-state index in [1.807, 2.05) is 17.2 Å². The molecule has 0 saturated carbocycles. The molecule has 5 nitrogen and oxygen atoms in total. The summed E-state index contributed by atoms with van der Waals surface area (Å²) in [5, 5.41) is 2.75. The summed E-state index contributed by atoms with van der Waals surface area (Å²) in [6.07, 6.45) is 1.10. The second kappa shape index (κ2) is 8.20. The number of rotatable bonds is 3. The molecule has 0 radical (unpaired) electrons. The molecule has 1 amide bonds. The molecule has 30 heavy (non-hydrogen) atoms. The molecule has 3 heterocycles. The molecule has 0 spiro atoms. The second-order valence-electron chi connectivity index (χ2n) is 8.00. The lowest BCUT2D eigenvalue weighted by atomic mass is 9.99. The first-order valence-corrected chi connectivity index (χ1v) is 11.3. The summed E-state index contributed by atoms with van der Waals surface area (Å²) in [5.41, 5.74) is 5.76. The van der Waals surface area contributed by atoms with Crippen molar-refractivity contribution in [1.82, 2.24) is 14.8 Å². The number of thiazole rings is 1. The van der Waals surface area contributed by atoms with Crippen molar-refractivity contribution in [3.8, 4) is 5.75 Å². The van der Waals surface area contributed by atoms with Crippen molar-refractivity contribution < 1.29 is 9.53 Å². The third-order valence-corrected chi connectivity index (χ3v) is 6.62. The smallest absolute Gasteiger partial charge is 0.273 e. The summed E-state index contributed by atoms with van der Waals surface area (Å²) in [6.45, 7) is 6.51. The first-order chi connectivity index (χ1) is 14.7. The van der Waals surface area contributed by atoms with Gasteiger partial charge in [-0.15, -0.1) is 11.3 Å². The Labute approximate surface area is 180 Å². The second-order valence-corrected chi connectivity index (χ2v) is 9.06. The van der Waals surface area contributed by atoms with Crippen LogP contribution < -0.4 is 4.74 Å². The number of ether oxygens (including phenoxy) is 1. The summed E-state index contributed by atoms with van der Waals surface area (Å²) in [5.74, 6) is 0.862. The van der Waals surface area contributed by atoms with Gasteiger partial charge < -0.3 is 9.64 Å². The maximum atomic E-state index is 12.9. The minimum absolute atomic E-state index is 0.0196. The average molecular weight is 420 g/mol. The van der Waals surface area contributed by atoms with Crippen molar-refractivity contribution in [2.45, 2.75) is 33.0 Å². The summed E-state index contributed by atoms with van der Waals surface area (Å²) in [6, 6.07) is 15.1. The van der Waals surface area contributed by atoms with Crippen molar-refractivity contribution >= 4 is 17.2 Å². The molecule has 0 fully saturated rings. The fourth-order valence-electron chi connectivity index (χ4n) is 4.29. The quantitative estimate of drug-likeness (QED) is 0.643. The Morgan fingerprint density at radius 1 is 1.10 bits per heavy atom. The molecule has 2 aromatic carbocycles. The van der Waals surface area contributed by atoms with Gasteiger partial charge in [-0.2, -0.15) is 0 Å². The van der Waals surface area contributed by atoms with Crippen LogP contribution in [0.2, 0.25) is 0 Å². The van der Waals surface area contributed by atoms with E-state index in [2.05, 4.69) is 52.3 Å². The normalized spacial score (nSPS) is 16.4. The van der Waals surface area contributed by atoms with E-state index in [0.717, 1.165) is 42.4 Å². The minimum atomic E-state index is -0.0196. The predicted molar refractivity (Wildman–Crippen MR) is 118 cm³/mol. The molecule has 0 bridgehead atoms. The van der Waals surface area contributed by atoms with Gasteiger partial charge >= 0.3 is 0 Å². The van der Waals surface area contributed by atoms with Gasteiger partial charge in [-0.3, -0.25) is 9.69 Å². The molecule has 0 atom stereocenters. The van der Waals surface area contributed by atoms with E-state index in [0.29, 0.717) is 25.4 Å². The highest BCUT2D eigenvalue weighted by molar-refractivity contribution is 7.09. The third kappa shape index (κ3) is 3.98. The molecule has 0 N–H and O–H groups in total. The van der Waals surface area contributed by atoms with Gasteiger partial charge in [0.2, 0.25) is 0 Å². The summed E-state index contributed by atoms with van der Waals surface area (Å²) < 4.78 is 5.94. The first-order valence-electron chi connectivity index (χ1n) is 10.4. The summed E-state index contributed by atoms with van der Waals surface area (Å²) >= 11 is 1.51. The number of aryl methyl sites for hydroxylation is 1. The standard InChI is InChI=1S/C24H25N3O2S/c1-17-25-22(16-30-17)24(28)27-10-11-29-23-7-6-18(12-21(23)15-27)13-26-9-8-19-4-2-3-5-20(19)14-26/h2-7,12,16H,8-11,13-15H2,1H3. The van der Waals surface area contributed by atoms with E-state index in [-0.39, 0.29) is 5.91 Å². The first kappa shape index (κ1) is 19.3. The predicted octanol–water partition coefficient (Wildman–Crippen LogP) is 4.04. The SMILES string of the molecule is Cc1nc(C(=O)N2CCOc3ccc(CN4CCc5ccccc5C4)cc3C2)cs1. The van der Waals surface area contributed by atoms with Crippen LogP contribution in [0.5, 0.6) is 5.75 Å². The number of amides is 1. The number of fused-ring (bicyclic) bond motifs is 2. The Kier molecular flexibility index (Phi) is 5.27. The highest BCUT2D eigenvalue weighted by Crippen LogP contribution is 2.27. The monoisotopic (exact) mass is 419 g/mol. The molecule has 2 aliphatic rings. The van der Waals surface area contributed by atoms with Gasteiger partial charge in [0.15, 0.2) is 0 Å². The van der Waals surface area contributed by atoms with Gasteiger partial charge in [-0.1, -0.05) is 30.3 Å². The third-order valence-electron chi connectivity index (χ3n) is 5.85. The van der Waals surface area contributed by atoms with Crippen molar-refractivity contribution in [3.63, 3.8) is 0 Å². The minimum Gasteiger partial charge on any atom is -0.491 e. The molecular formula is C24H25N3O2S. The van der Waals surface area contributed by atoms with Crippen LogP contribution in [0, 0.1) is 6.92 Å². The summed E-state index contributed by atoms with van der Waals surface area (Å²) in [4.78, 5) is 21.6. The van der Waals surface area contributed by atoms with Crippen molar-refractivity contribution in [3.05, 3.63) is 80.8 Å². The Bertz CT molecular complexity index is 1080. The van der Waals surface area contributed by atoms with Crippen LogP contribution in [-0.2, 0) is 26.1 Å². The molecule has 154 valence electrons. The van der Waals surface area contributed by atoms with Crippen molar-refractivity contribution in [2.24, 2.45) is 0 Å². The fourth-order valence-corrected chi connectivity index (χ4v) is 4.88. The van der Waals surface area contributed by atoms with Gasteiger partial charge in [-0.25, -0.2) is 4.98 Å². The number of benzene rings is 2. The molecule has 0 aliphatic carbocycles. The zero-order chi connectivity index (χ0) is 20.5. The van der Waals surface area contributed by atoms with Gasteiger partial charge in [-0.05, 0) is 42.2 Å². The van der Waals surface area contributed by atoms with E-state index in [4.69, 9.17) is 4.74 Å². The van der Waals surface area contributed by atoms with E-state index in [1.165, 1.54) is 28.0 Å². The number of aromatic nitrogens is 1. The number of carbonyl (C=O) groups is 1. The highest BCUT2D eigenvalue weighted by atomic mass is 32.1. The molecule has 5 rings (SSSR count). The van der Waals surface area contributed by atoms with Crippen LogP contribution >= 0.6 is 11.3 Å². The number of hydrogen-bond donors (Lipinski definition) is 0. The van der Waals surface area contributed by atoms with Crippen LogP contribution in [-0.4, -0.2) is 40.4 Å². The lowest BCUT2D eigenvalue weighted by molar-refractivity contribution is 0.0728. The van der Waals surface area contributed by atoms with Gasteiger partial charge in [0, 0.05) is 37.1 Å². The van der Waals surface area contributed by atoms with Crippen molar-refractivity contribution in [1.29, 1.82) is 0 Å². The van der Waals surface area contributed by atoms with Gasteiger partial charge in [0.25, 0.3) is 5.91 Å².